The number of hydrogen-bond acceptors (Lipinski definition) is 4. The van der Waals surface area contributed by atoms with Crippen molar-refractivity contribution in [3.8, 4) is 5.75 Å². The molecule has 0 aliphatic rings. The molecule has 5 heteroatoms. The maximum Gasteiger partial charge on any atom is 0.322 e. The zero-order valence-electron chi connectivity index (χ0n) is 10.1. The van der Waals surface area contributed by atoms with E-state index in [0.717, 1.165) is 5.56 Å². The second-order valence-corrected chi connectivity index (χ2v) is 3.95. The van der Waals surface area contributed by atoms with Crippen molar-refractivity contribution >= 4 is 17.6 Å². The van der Waals surface area contributed by atoms with Crippen LogP contribution in [-0.2, 0) is 16.1 Å². The minimum absolute atomic E-state index is 0.309. The van der Waals surface area contributed by atoms with Gasteiger partial charge in [-0.1, -0.05) is 17.7 Å². The largest absolute Gasteiger partial charge is 0.496 e. The average Bonchev–Trinajstić information content (AvgIpc) is 2.35. The zero-order valence-corrected chi connectivity index (χ0v) is 10.9. The van der Waals surface area contributed by atoms with Gasteiger partial charge in [0.2, 0.25) is 0 Å². The molecule has 0 saturated heterocycles. The van der Waals surface area contributed by atoms with Gasteiger partial charge >= 0.3 is 5.97 Å². The number of hydrogen-bond donors (Lipinski definition) is 1. The van der Waals surface area contributed by atoms with Gasteiger partial charge < -0.3 is 14.8 Å². The van der Waals surface area contributed by atoms with Crippen LogP contribution in [0.3, 0.4) is 0 Å². The molecular formula is C12H16ClNO3. The number of methoxy groups -OCH3 is 2. The summed E-state index contributed by atoms with van der Waals surface area (Å²) in [7, 11) is 2.94. The standard InChI is InChI=1S/C12H16ClNO3/c1-8(12(15)17-3)14-7-9-10(13)5-4-6-11(9)16-2/h4-6,8,14H,7H2,1-3H3/t8-/m0/s1. The first-order valence-electron chi connectivity index (χ1n) is 5.22. The third-order valence-electron chi connectivity index (χ3n) is 2.44. The summed E-state index contributed by atoms with van der Waals surface area (Å²) in [6.07, 6.45) is 0. The number of halogens is 1. The SMILES string of the molecule is COC(=O)[C@H](C)NCc1c(Cl)cccc1OC. The van der Waals surface area contributed by atoms with Crippen LogP contribution in [0.15, 0.2) is 18.2 Å². The van der Waals surface area contributed by atoms with E-state index in [1.54, 1.807) is 20.1 Å². The van der Waals surface area contributed by atoms with Crippen LogP contribution < -0.4 is 10.1 Å². The number of esters is 1. The monoisotopic (exact) mass is 257 g/mol. The summed E-state index contributed by atoms with van der Waals surface area (Å²) >= 11 is 6.07. The van der Waals surface area contributed by atoms with Crippen molar-refractivity contribution < 1.29 is 14.3 Å². The van der Waals surface area contributed by atoms with Gasteiger partial charge in [-0.25, -0.2) is 0 Å². The number of carbonyl (C=O) groups is 1. The molecule has 0 heterocycles. The Kier molecular flexibility index (Phi) is 5.25. The van der Waals surface area contributed by atoms with Crippen LogP contribution in [0, 0.1) is 0 Å². The molecule has 0 amide bonds. The van der Waals surface area contributed by atoms with Gasteiger partial charge in [0, 0.05) is 17.1 Å². The van der Waals surface area contributed by atoms with Gasteiger partial charge in [0.05, 0.1) is 14.2 Å². The highest BCUT2D eigenvalue weighted by molar-refractivity contribution is 6.31. The predicted molar refractivity (Wildman–Crippen MR) is 66.3 cm³/mol. The third-order valence-corrected chi connectivity index (χ3v) is 2.79. The fraction of sp³-hybridized carbons (Fsp3) is 0.417. The van der Waals surface area contributed by atoms with E-state index < -0.39 is 0 Å². The first-order chi connectivity index (χ1) is 8.10. The Hall–Kier alpha value is -1.26. The summed E-state index contributed by atoms with van der Waals surface area (Å²) in [5.74, 6) is 0.387. The number of benzene rings is 1. The summed E-state index contributed by atoms with van der Waals surface area (Å²) in [6.45, 7) is 2.17. The Morgan fingerprint density at radius 2 is 2.18 bits per heavy atom. The predicted octanol–water partition coefficient (Wildman–Crippen LogP) is 2.00. The molecular weight excluding hydrogens is 242 g/mol. The lowest BCUT2D eigenvalue weighted by Gasteiger charge is -2.14. The molecule has 1 rings (SSSR count). The number of nitrogens with one attached hydrogen (secondary N) is 1. The van der Waals surface area contributed by atoms with Gasteiger partial charge in [0.25, 0.3) is 0 Å². The van der Waals surface area contributed by atoms with Crippen LogP contribution in [0.5, 0.6) is 5.75 Å². The first kappa shape index (κ1) is 13.8. The molecule has 1 aromatic rings. The number of carbonyl (C=O) groups excluding carboxylic acids is 1. The van der Waals surface area contributed by atoms with Gasteiger partial charge in [-0.05, 0) is 19.1 Å². The Labute approximate surface area is 106 Å². The van der Waals surface area contributed by atoms with Gasteiger partial charge in [-0.2, -0.15) is 0 Å². The van der Waals surface area contributed by atoms with Crippen LogP contribution >= 0.6 is 11.6 Å². The lowest BCUT2D eigenvalue weighted by Crippen LogP contribution is -2.34. The first-order valence-corrected chi connectivity index (χ1v) is 5.60. The van der Waals surface area contributed by atoms with Crippen molar-refractivity contribution in [3.63, 3.8) is 0 Å². The molecule has 0 radical (unpaired) electrons. The second kappa shape index (κ2) is 6.47. The quantitative estimate of drug-likeness (QED) is 0.820. The third kappa shape index (κ3) is 3.61. The van der Waals surface area contributed by atoms with Crippen molar-refractivity contribution in [1.82, 2.24) is 5.32 Å². The van der Waals surface area contributed by atoms with E-state index in [9.17, 15) is 4.79 Å². The molecule has 0 aromatic heterocycles. The van der Waals surface area contributed by atoms with Gasteiger partial charge in [-0.3, -0.25) is 4.79 Å². The van der Waals surface area contributed by atoms with E-state index in [1.807, 2.05) is 12.1 Å². The number of ether oxygens (including phenoxy) is 2. The molecule has 1 aromatic carbocycles. The van der Waals surface area contributed by atoms with Crippen molar-refractivity contribution in [1.29, 1.82) is 0 Å². The molecule has 0 aliphatic heterocycles. The topological polar surface area (TPSA) is 47.6 Å². The molecule has 94 valence electrons. The molecule has 0 aliphatic carbocycles. The van der Waals surface area contributed by atoms with E-state index in [4.69, 9.17) is 16.3 Å². The van der Waals surface area contributed by atoms with Gasteiger partial charge in [-0.15, -0.1) is 0 Å². The Morgan fingerprint density at radius 3 is 2.76 bits per heavy atom. The van der Waals surface area contributed by atoms with Crippen molar-refractivity contribution in [2.75, 3.05) is 14.2 Å². The molecule has 0 bridgehead atoms. The van der Waals surface area contributed by atoms with Crippen LogP contribution in [-0.4, -0.2) is 26.2 Å². The summed E-state index contributed by atoms with van der Waals surface area (Å²) in [5, 5.41) is 3.63. The Balaban J connectivity index is 2.72. The smallest absolute Gasteiger partial charge is 0.322 e. The zero-order chi connectivity index (χ0) is 12.8. The van der Waals surface area contributed by atoms with E-state index in [-0.39, 0.29) is 12.0 Å². The van der Waals surface area contributed by atoms with Gasteiger partial charge in [0.1, 0.15) is 11.8 Å². The molecule has 0 spiro atoms. The van der Waals surface area contributed by atoms with Crippen molar-refractivity contribution in [3.05, 3.63) is 28.8 Å². The molecule has 0 fully saturated rings. The summed E-state index contributed by atoms with van der Waals surface area (Å²) < 4.78 is 9.83. The molecule has 4 nitrogen and oxygen atoms in total. The van der Waals surface area contributed by atoms with Crippen LogP contribution in [0.2, 0.25) is 5.02 Å². The van der Waals surface area contributed by atoms with E-state index in [0.29, 0.717) is 17.3 Å². The van der Waals surface area contributed by atoms with E-state index >= 15 is 0 Å². The summed E-state index contributed by atoms with van der Waals surface area (Å²) in [5.41, 5.74) is 0.826. The maximum atomic E-state index is 11.2. The van der Waals surface area contributed by atoms with Crippen molar-refractivity contribution in [2.24, 2.45) is 0 Å². The van der Waals surface area contributed by atoms with Gasteiger partial charge in [0.15, 0.2) is 0 Å². The summed E-state index contributed by atoms with van der Waals surface area (Å²) in [6, 6.07) is 5.03. The highest BCUT2D eigenvalue weighted by Crippen LogP contribution is 2.25. The fourth-order valence-corrected chi connectivity index (χ4v) is 1.65. The minimum atomic E-state index is -0.388. The van der Waals surface area contributed by atoms with Crippen LogP contribution in [0.4, 0.5) is 0 Å². The minimum Gasteiger partial charge on any atom is -0.496 e. The van der Waals surface area contributed by atoms with Crippen LogP contribution in [0.25, 0.3) is 0 Å². The van der Waals surface area contributed by atoms with Crippen LogP contribution in [0.1, 0.15) is 12.5 Å². The highest BCUT2D eigenvalue weighted by atomic mass is 35.5. The molecule has 1 atom stereocenters. The summed E-state index contributed by atoms with van der Waals surface area (Å²) in [4.78, 5) is 11.2. The normalized spacial score (nSPS) is 12.0. The van der Waals surface area contributed by atoms with E-state index in [1.165, 1.54) is 7.11 Å². The molecule has 0 saturated carbocycles. The molecule has 17 heavy (non-hydrogen) atoms. The lowest BCUT2D eigenvalue weighted by molar-refractivity contribution is -0.142. The fourth-order valence-electron chi connectivity index (χ4n) is 1.42. The Morgan fingerprint density at radius 1 is 1.47 bits per heavy atom. The average molecular weight is 258 g/mol. The molecule has 1 N–H and O–H groups in total. The second-order valence-electron chi connectivity index (χ2n) is 3.55. The van der Waals surface area contributed by atoms with Crippen molar-refractivity contribution in [2.45, 2.75) is 19.5 Å². The Bertz CT molecular complexity index is 395. The van der Waals surface area contributed by atoms with E-state index in [2.05, 4.69) is 10.1 Å². The maximum absolute atomic E-state index is 11.2. The highest BCUT2D eigenvalue weighted by Gasteiger charge is 2.14. The molecule has 0 unspecified atom stereocenters. The number of rotatable bonds is 5. The lowest BCUT2D eigenvalue weighted by atomic mass is 10.2.